The van der Waals surface area contributed by atoms with Crippen LogP contribution in [0.2, 0.25) is 0 Å². The van der Waals surface area contributed by atoms with Gasteiger partial charge in [0.25, 0.3) is 0 Å². The molecule has 0 aliphatic heterocycles. The first-order chi connectivity index (χ1) is 5.83. The van der Waals surface area contributed by atoms with Gasteiger partial charge < -0.3 is 16.1 Å². The summed E-state index contributed by atoms with van der Waals surface area (Å²) in [6.45, 7) is 0.962. The number of nitrogens with zero attached hydrogens (tertiary/aromatic N) is 2. The lowest BCUT2D eigenvalue weighted by Gasteiger charge is -2.01. The second kappa shape index (κ2) is 4.43. The summed E-state index contributed by atoms with van der Waals surface area (Å²) >= 11 is 0. The van der Waals surface area contributed by atoms with Crippen molar-refractivity contribution in [1.82, 2.24) is 4.57 Å². The third kappa shape index (κ3) is 2.65. The summed E-state index contributed by atoms with van der Waals surface area (Å²) in [7, 11) is 0. The van der Waals surface area contributed by atoms with Gasteiger partial charge in [-0.3, -0.25) is 0 Å². The predicted molar refractivity (Wildman–Crippen MR) is 49.5 cm³/mol. The fourth-order valence-corrected chi connectivity index (χ4v) is 1.03. The average molecular weight is 166 g/mol. The van der Waals surface area contributed by atoms with Crippen LogP contribution in [-0.2, 0) is 6.54 Å². The van der Waals surface area contributed by atoms with E-state index in [1.54, 1.807) is 0 Å². The molecule has 0 fully saturated rings. The first-order valence-corrected chi connectivity index (χ1v) is 3.96. The third-order valence-corrected chi connectivity index (χ3v) is 1.68. The molecule has 12 heavy (non-hydrogen) atoms. The molecule has 66 valence electrons. The first kappa shape index (κ1) is 8.64. The summed E-state index contributed by atoms with van der Waals surface area (Å²) in [5.74, 6) is 5.50. The fourth-order valence-electron chi connectivity index (χ4n) is 1.03. The van der Waals surface area contributed by atoms with Gasteiger partial charge in [-0.2, -0.15) is 5.10 Å². The molecule has 0 bridgehead atoms. The molecule has 0 atom stereocenters. The van der Waals surface area contributed by atoms with Gasteiger partial charge in [0.05, 0.1) is 0 Å². The van der Waals surface area contributed by atoms with Crippen LogP contribution in [0.25, 0.3) is 0 Å². The number of rotatable bonds is 4. The summed E-state index contributed by atoms with van der Waals surface area (Å²) < 4.78 is 2.10. The Balaban J connectivity index is 2.19. The zero-order valence-electron chi connectivity index (χ0n) is 6.98. The number of nitrogens with two attached hydrogens (primary N) is 2. The van der Waals surface area contributed by atoms with Crippen LogP contribution in [0.5, 0.6) is 0 Å². The summed E-state index contributed by atoms with van der Waals surface area (Å²) in [4.78, 5) is 0. The molecular formula is C8H14N4. The molecule has 0 amide bonds. The van der Waals surface area contributed by atoms with Crippen LogP contribution in [-0.4, -0.2) is 10.4 Å². The van der Waals surface area contributed by atoms with E-state index < -0.39 is 0 Å². The number of amidine groups is 1. The largest absolute Gasteiger partial charge is 0.386 e. The molecule has 0 radical (unpaired) electrons. The Hall–Kier alpha value is -1.45. The van der Waals surface area contributed by atoms with Crippen LogP contribution in [0.1, 0.15) is 12.8 Å². The van der Waals surface area contributed by atoms with Crippen molar-refractivity contribution in [2.75, 3.05) is 0 Å². The van der Waals surface area contributed by atoms with Gasteiger partial charge in [0.2, 0.25) is 0 Å². The highest BCUT2D eigenvalue weighted by molar-refractivity contribution is 5.79. The Kier molecular flexibility index (Phi) is 3.19. The molecule has 0 saturated heterocycles. The molecule has 4 nitrogen and oxygen atoms in total. The van der Waals surface area contributed by atoms with Gasteiger partial charge in [-0.1, -0.05) is 0 Å². The summed E-state index contributed by atoms with van der Waals surface area (Å²) in [5, 5.41) is 3.39. The number of aromatic nitrogens is 1. The minimum atomic E-state index is 0.516. The maximum absolute atomic E-state index is 5.43. The molecule has 0 aliphatic carbocycles. The zero-order valence-corrected chi connectivity index (χ0v) is 6.98. The van der Waals surface area contributed by atoms with E-state index in [2.05, 4.69) is 9.67 Å². The molecule has 4 N–H and O–H groups in total. The van der Waals surface area contributed by atoms with Crippen molar-refractivity contribution >= 4 is 5.84 Å². The molecule has 0 unspecified atom stereocenters. The van der Waals surface area contributed by atoms with E-state index in [0.717, 1.165) is 19.4 Å². The van der Waals surface area contributed by atoms with Crippen LogP contribution in [0.4, 0.5) is 0 Å². The van der Waals surface area contributed by atoms with Gasteiger partial charge in [-0.15, -0.1) is 0 Å². The average Bonchev–Trinajstić information content (AvgIpc) is 2.57. The van der Waals surface area contributed by atoms with Gasteiger partial charge in [0.1, 0.15) is 5.84 Å². The van der Waals surface area contributed by atoms with E-state index in [1.165, 1.54) is 0 Å². The van der Waals surface area contributed by atoms with Crippen LogP contribution in [0, 0.1) is 0 Å². The predicted octanol–water partition coefficient (Wildman–Crippen LogP) is 0.499. The van der Waals surface area contributed by atoms with Crippen molar-refractivity contribution in [1.29, 1.82) is 0 Å². The van der Waals surface area contributed by atoms with Crippen LogP contribution in [0.3, 0.4) is 0 Å². The Morgan fingerprint density at radius 1 is 1.33 bits per heavy atom. The monoisotopic (exact) mass is 166 g/mol. The van der Waals surface area contributed by atoms with E-state index in [9.17, 15) is 0 Å². The van der Waals surface area contributed by atoms with Crippen molar-refractivity contribution in [3.05, 3.63) is 24.5 Å². The highest BCUT2D eigenvalue weighted by atomic mass is 15.1. The molecule has 0 saturated carbocycles. The SMILES string of the molecule is N/N=C(\N)CCCn1cccc1. The summed E-state index contributed by atoms with van der Waals surface area (Å²) in [6, 6.07) is 4.00. The van der Waals surface area contributed by atoms with Crippen LogP contribution in [0.15, 0.2) is 29.6 Å². The number of aryl methyl sites for hydroxylation is 1. The van der Waals surface area contributed by atoms with Crippen LogP contribution >= 0.6 is 0 Å². The molecule has 1 aromatic rings. The van der Waals surface area contributed by atoms with Crippen molar-refractivity contribution in [2.24, 2.45) is 16.7 Å². The molecule has 0 aromatic carbocycles. The molecule has 0 aliphatic rings. The molecule has 0 spiro atoms. The van der Waals surface area contributed by atoms with E-state index in [0.29, 0.717) is 5.84 Å². The Bertz CT molecular complexity index is 238. The van der Waals surface area contributed by atoms with Crippen molar-refractivity contribution in [3.63, 3.8) is 0 Å². The second-order valence-corrected chi connectivity index (χ2v) is 2.64. The Morgan fingerprint density at radius 3 is 2.58 bits per heavy atom. The lowest BCUT2D eigenvalue weighted by atomic mass is 10.3. The van der Waals surface area contributed by atoms with Gasteiger partial charge in [0.15, 0.2) is 0 Å². The van der Waals surface area contributed by atoms with E-state index >= 15 is 0 Å². The van der Waals surface area contributed by atoms with Gasteiger partial charge >= 0.3 is 0 Å². The minimum absolute atomic E-state index is 0.516. The molecule has 1 aromatic heterocycles. The first-order valence-electron chi connectivity index (χ1n) is 3.96. The molecule has 4 heteroatoms. The molecule has 1 heterocycles. The van der Waals surface area contributed by atoms with Crippen molar-refractivity contribution < 1.29 is 0 Å². The summed E-state index contributed by atoms with van der Waals surface area (Å²) in [6.07, 6.45) is 5.78. The standard InChI is InChI=1S/C8H14N4/c9-8(11-10)4-3-7-12-5-1-2-6-12/h1-2,5-6H,3-4,7,10H2,(H2,9,11). The summed E-state index contributed by atoms with van der Waals surface area (Å²) in [5.41, 5.74) is 5.43. The van der Waals surface area contributed by atoms with Gasteiger partial charge in [0, 0.05) is 25.4 Å². The topological polar surface area (TPSA) is 69.3 Å². The zero-order chi connectivity index (χ0) is 8.81. The Morgan fingerprint density at radius 2 is 2.00 bits per heavy atom. The fraction of sp³-hybridized carbons (Fsp3) is 0.375. The third-order valence-electron chi connectivity index (χ3n) is 1.68. The number of hydrogen-bond donors (Lipinski definition) is 2. The van der Waals surface area contributed by atoms with Crippen molar-refractivity contribution in [3.8, 4) is 0 Å². The van der Waals surface area contributed by atoms with E-state index in [4.69, 9.17) is 11.6 Å². The van der Waals surface area contributed by atoms with E-state index in [1.807, 2.05) is 24.5 Å². The van der Waals surface area contributed by atoms with Gasteiger partial charge in [-0.25, -0.2) is 0 Å². The minimum Gasteiger partial charge on any atom is -0.386 e. The Labute approximate surface area is 71.9 Å². The van der Waals surface area contributed by atoms with E-state index in [-0.39, 0.29) is 0 Å². The normalized spacial score (nSPS) is 11.8. The molecular weight excluding hydrogens is 152 g/mol. The second-order valence-electron chi connectivity index (χ2n) is 2.64. The number of hydrazone groups is 1. The lowest BCUT2D eigenvalue weighted by Crippen LogP contribution is -2.14. The smallest absolute Gasteiger partial charge is 0.119 e. The highest BCUT2D eigenvalue weighted by Crippen LogP contribution is 1.96. The maximum Gasteiger partial charge on any atom is 0.119 e. The maximum atomic E-state index is 5.43. The van der Waals surface area contributed by atoms with Crippen LogP contribution < -0.4 is 11.6 Å². The number of hydrogen-bond acceptors (Lipinski definition) is 2. The van der Waals surface area contributed by atoms with Gasteiger partial charge in [-0.05, 0) is 18.6 Å². The highest BCUT2D eigenvalue weighted by Gasteiger charge is 1.92. The van der Waals surface area contributed by atoms with Crippen molar-refractivity contribution in [2.45, 2.75) is 19.4 Å². The quantitative estimate of drug-likeness (QED) is 0.296. The molecule has 1 rings (SSSR count). The lowest BCUT2D eigenvalue weighted by molar-refractivity contribution is 0.660.